The quantitative estimate of drug-likeness (QED) is 0.321. The van der Waals surface area contributed by atoms with Gasteiger partial charge in [-0.1, -0.05) is 0 Å². The first-order valence-corrected chi connectivity index (χ1v) is 3.82. The molecule has 0 aliphatic rings. The first kappa shape index (κ1) is 9.83. The van der Waals surface area contributed by atoms with Crippen molar-refractivity contribution in [2.24, 2.45) is 4.40 Å². The maximum absolute atomic E-state index is 12.8. The molecule has 0 radical (unpaired) electrons. The van der Waals surface area contributed by atoms with Gasteiger partial charge in [0.15, 0.2) is 17.5 Å². The van der Waals surface area contributed by atoms with Crippen molar-refractivity contribution < 1.29 is 18.0 Å². The molecule has 0 saturated heterocycles. The summed E-state index contributed by atoms with van der Waals surface area (Å²) in [6.45, 7) is 0. The number of isocyanates is 1. The lowest BCUT2D eigenvalue weighted by molar-refractivity contribution is 0.435. The fourth-order valence-electron chi connectivity index (χ4n) is 0.646. The first-order valence-electron chi connectivity index (χ1n) is 3.04. The molecule has 68 valence electrons. The van der Waals surface area contributed by atoms with Crippen molar-refractivity contribution in [2.75, 3.05) is 0 Å². The highest BCUT2D eigenvalue weighted by atomic mass is 32.2. The lowest BCUT2D eigenvalue weighted by Gasteiger charge is -1.98. The number of hydrogen-bond acceptors (Lipinski definition) is 3. The third kappa shape index (κ3) is 2.11. The summed E-state index contributed by atoms with van der Waals surface area (Å²) in [5.41, 5.74) is 0. The number of rotatable bonds is 2. The Morgan fingerprint density at radius 3 is 2.54 bits per heavy atom. The Balaban J connectivity index is 3.10. The Morgan fingerprint density at radius 1 is 1.23 bits per heavy atom. The molecule has 0 fully saturated rings. The van der Waals surface area contributed by atoms with Crippen LogP contribution in [0.15, 0.2) is 21.4 Å². The number of nitrogens with zero attached hydrogens (tertiary/aromatic N) is 1. The zero-order chi connectivity index (χ0) is 9.84. The van der Waals surface area contributed by atoms with Gasteiger partial charge in [-0.3, -0.25) is 0 Å². The lowest BCUT2D eigenvalue weighted by atomic mass is 10.3. The van der Waals surface area contributed by atoms with Crippen molar-refractivity contribution in [3.05, 3.63) is 29.6 Å². The van der Waals surface area contributed by atoms with Crippen molar-refractivity contribution >= 4 is 18.0 Å². The van der Waals surface area contributed by atoms with E-state index in [0.717, 1.165) is 18.2 Å². The summed E-state index contributed by atoms with van der Waals surface area (Å²) >= 11 is 0.390. The molecule has 0 aromatic heterocycles. The molecule has 2 nitrogen and oxygen atoms in total. The standard InChI is InChI=1S/C7H2F3NOS/c8-4-1-2-5(13-11-3-12)7(10)6(4)9/h1-2H. The number of hydrogen-bond donors (Lipinski definition) is 0. The monoisotopic (exact) mass is 205 g/mol. The molecular weight excluding hydrogens is 203 g/mol. The molecule has 1 aromatic carbocycles. The van der Waals surface area contributed by atoms with Crippen LogP contribution < -0.4 is 0 Å². The topological polar surface area (TPSA) is 29.4 Å². The van der Waals surface area contributed by atoms with Gasteiger partial charge in [-0.2, -0.15) is 0 Å². The van der Waals surface area contributed by atoms with Gasteiger partial charge in [0, 0.05) is 11.9 Å². The van der Waals surface area contributed by atoms with Gasteiger partial charge in [-0.25, -0.2) is 18.0 Å². The summed E-state index contributed by atoms with van der Waals surface area (Å²) < 4.78 is 40.6. The molecule has 13 heavy (non-hydrogen) atoms. The number of halogens is 3. The SMILES string of the molecule is O=C=NSc1ccc(F)c(F)c1F. The van der Waals surface area contributed by atoms with Crippen LogP contribution in [0.2, 0.25) is 0 Å². The molecular formula is C7H2F3NOS. The van der Waals surface area contributed by atoms with Crippen molar-refractivity contribution in [3.63, 3.8) is 0 Å². The minimum Gasteiger partial charge on any atom is -0.210 e. The summed E-state index contributed by atoms with van der Waals surface area (Å²) in [5, 5.41) is 0. The van der Waals surface area contributed by atoms with E-state index in [4.69, 9.17) is 0 Å². The number of carbonyl (C=O) groups excluding carboxylic acids is 1. The maximum Gasteiger partial charge on any atom is 0.247 e. The summed E-state index contributed by atoms with van der Waals surface area (Å²) in [6, 6.07) is 1.74. The van der Waals surface area contributed by atoms with Crippen LogP contribution in [-0.4, -0.2) is 6.08 Å². The predicted molar refractivity (Wildman–Crippen MR) is 40.3 cm³/mol. The highest BCUT2D eigenvalue weighted by molar-refractivity contribution is 7.98. The van der Waals surface area contributed by atoms with Gasteiger partial charge in [0.25, 0.3) is 0 Å². The van der Waals surface area contributed by atoms with Crippen LogP contribution >= 0.6 is 11.9 Å². The van der Waals surface area contributed by atoms with E-state index in [1.54, 1.807) is 0 Å². The molecule has 0 atom stereocenters. The molecule has 0 bridgehead atoms. The summed E-state index contributed by atoms with van der Waals surface area (Å²) in [5.74, 6) is -4.22. The zero-order valence-corrected chi connectivity index (χ0v) is 6.87. The highest BCUT2D eigenvalue weighted by Crippen LogP contribution is 2.25. The van der Waals surface area contributed by atoms with Crippen LogP contribution in [-0.2, 0) is 4.79 Å². The molecule has 0 heterocycles. The Bertz CT molecular complexity index is 376. The van der Waals surface area contributed by atoms with E-state index in [9.17, 15) is 18.0 Å². The summed E-state index contributed by atoms with van der Waals surface area (Å²) in [7, 11) is 0. The van der Waals surface area contributed by atoms with Crippen LogP contribution in [0.3, 0.4) is 0 Å². The van der Waals surface area contributed by atoms with Crippen LogP contribution in [0.5, 0.6) is 0 Å². The van der Waals surface area contributed by atoms with Gasteiger partial charge in [0.05, 0.1) is 4.90 Å². The lowest BCUT2D eigenvalue weighted by Crippen LogP contribution is -1.91. The Hall–Kier alpha value is -1.26. The predicted octanol–water partition coefficient (Wildman–Crippen LogP) is 2.45. The van der Waals surface area contributed by atoms with Crippen LogP contribution in [0.4, 0.5) is 13.2 Å². The first-order chi connectivity index (χ1) is 6.16. The van der Waals surface area contributed by atoms with Crippen molar-refractivity contribution in [2.45, 2.75) is 4.90 Å². The molecule has 1 aromatic rings. The van der Waals surface area contributed by atoms with Gasteiger partial charge in [-0.05, 0) is 12.1 Å². The average Bonchev–Trinajstić information content (AvgIpc) is 2.13. The minimum absolute atomic E-state index is 0.262. The van der Waals surface area contributed by atoms with E-state index >= 15 is 0 Å². The molecule has 0 spiro atoms. The highest BCUT2D eigenvalue weighted by Gasteiger charge is 2.13. The van der Waals surface area contributed by atoms with Crippen LogP contribution in [0.25, 0.3) is 0 Å². The third-order valence-electron chi connectivity index (χ3n) is 1.18. The Kier molecular flexibility index (Phi) is 3.11. The van der Waals surface area contributed by atoms with Gasteiger partial charge < -0.3 is 0 Å². The fraction of sp³-hybridized carbons (Fsp3) is 0. The molecule has 1 rings (SSSR count). The van der Waals surface area contributed by atoms with E-state index < -0.39 is 17.5 Å². The van der Waals surface area contributed by atoms with E-state index in [-0.39, 0.29) is 4.90 Å². The van der Waals surface area contributed by atoms with E-state index in [1.807, 2.05) is 0 Å². The average molecular weight is 205 g/mol. The molecule has 0 saturated carbocycles. The van der Waals surface area contributed by atoms with Gasteiger partial charge in [-0.15, -0.1) is 4.40 Å². The minimum atomic E-state index is -1.58. The Morgan fingerprint density at radius 2 is 1.92 bits per heavy atom. The molecule has 0 N–H and O–H groups in total. The van der Waals surface area contributed by atoms with Crippen LogP contribution in [0.1, 0.15) is 0 Å². The van der Waals surface area contributed by atoms with Crippen molar-refractivity contribution in [1.29, 1.82) is 0 Å². The molecule has 0 unspecified atom stereocenters. The number of benzene rings is 1. The van der Waals surface area contributed by atoms with E-state index in [0.29, 0.717) is 11.9 Å². The second kappa shape index (κ2) is 4.11. The van der Waals surface area contributed by atoms with Crippen molar-refractivity contribution in [3.8, 4) is 0 Å². The molecule has 0 amide bonds. The molecule has 0 aliphatic carbocycles. The second-order valence-corrected chi connectivity index (χ2v) is 2.75. The largest absolute Gasteiger partial charge is 0.247 e. The summed E-state index contributed by atoms with van der Waals surface area (Å²) in [4.78, 5) is 9.38. The van der Waals surface area contributed by atoms with Gasteiger partial charge in [0.1, 0.15) is 0 Å². The Labute approximate surface area is 75.6 Å². The maximum atomic E-state index is 12.8. The second-order valence-electron chi connectivity index (χ2n) is 1.95. The smallest absolute Gasteiger partial charge is 0.210 e. The molecule has 0 aliphatic heterocycles. The zero-order valence-electron chi connectivity index (χ0n) is 6.05. The fourth-order valence-corrected chi connectivity index (χ4v) is 1.08. The molecule has 6 heteroatoms. The van der Waals surface area contributed by atoms with E-state index in [2.05, 4.69) is 4.40 Å². The van der Waals surface area contributed by atoms with Gasteiger partial charge in [0.2, 0.25) is 6.08 Å². The van der Waals surface area contributed by atoms with Crippen LogP contribution in [0, 0.1) is 17.5 Å². The van der Waals surface area contributed by atoms with Gasteiger partial charge >= 0.3 is 0 Å². The van der Waals surface area contributed by atoms with Crippen molar-refractivity contribution in [1.82, 2.24) is 0 Å². The van der Waals surface area contributed by atoms with E-state index in [1.165, 1.54) is 0 Å². The third-order valence-corrected chi connectivity index (χ3v) is 1.86. The summed E-state index contributed by atoms with van der Waals surface area (Å²) in [6.07, 6.45) is 1.13. The normalized spacial score (nSPS) is 9.46.